The number of ether oxygens (including phenoxy) is 1. The predicted octanol–water partition coefficient (Wildman–Crippen LogP) is 4.73. The molecule has 2 rings (SSSR count). The van der Waals surface area contributed by atoms with E-state index in [0.717, 1.165) is 12.8 Å². The van der Waals surface area contributed by atoms with Crippen molar-refractivity contribution in [1.29, 1.82) is 0 Å². The zero-order valence-electron chi connectivity index (χ0n) is 10.7. The molecule has 2 aliphatic carbocycles. The maximum atomic E-state index is 6.39. The highest BCUT2D eigenvalue weighted by Crippen LogP contribution is 2.55. The summed E-state index contributed by atoms with van der Waals surface area (Å²) in [5, 5.41) is 0. The highest BCUT2D eigenvalue weighted by molar-refractivity contribution is 6.19. The van der Waals surface area contributed by atoms with Crippen LogP contribution in [0.3, 0.4) is 0 Å². The molecule has 2 saturated carbocycles. The molecule has 0 amide bonds. The van der Waals surface area contributed by atoms with E-state index in [9.17, 15) is 0 Å². The topological polar surface area (TPSA) is 9.23 Å². The van der Waals surface area contributed by atoms with Crippen LogP contribution in [0.25, 0.3) is 0 Å². The van der Waals surface area contributed by atoms with Crippen LogP contribution in [-0.2, 0) is 4.74 Å². The minimum Gasteiger partial charge on any atom is -0.358 e. The van der Waals surface area contributed by atoms with Gasteiger partial charge in [-0.1, -0.05) is 38.3 Å². The molecule has 0 bridgehead atoms. The lowest BCUT2D eigenvalue weighted by molar-refractivity contribution is -0.131. The summed E-state index contributed by atoms with van der Waals surface area (Å²) in [4.78, 5) is 0. The van der Waals surface area contributed by atoms with Crippen molar-refractivity contribution in [3.63, 3.8) is 0 Å². The van der Waals surface area contributed by atoms with E-state index in [2.05, 4.69) is 13.8 Å². The summed E-state index contributed by atoms with van der Waals surface area (Å²) in [6, 6.07) is 0. The highest BCUT2D eigenvalue weighted by atomic mass is 35.5. The monoisotopic (exact) mass is 244 g/mol. The first-order chi connectivity index (χ1) is 7.72. The molecule has 2 heteroatoms. The molecular weight excluding hydrogens is 220 g/mol. The molecule has 2 fully saturated rings. The summed E-state index contributed by atoms with van der Waals surface area (Å²) in [6.45, 7) is 4.41. The normalized spacial score (nSPS) is 29.6. The second-order valence-corrected chi connectivity index (χ2v) is 6.09. The summed E-state index contributed by atoms with van der Waals surface area (Å²) in [5.74, 6) is 0.528. The van der Waals surface area contributed by atoms with Crippen molar-refractivity contribution in [3.05, 3.63) is 0 Å². The Kier molecular flexibility index (Phi) is 4.18. The predicted molar refractivity (Wildman–Crippen MR) is 68.7 cm³/mol. The van der Waals surface area contributed by atoms with E-state index in [1.165, 1.54) is 38.5 Å². The average Bonchev–Trinajstić information content (AvgIpc) is 2.77. The van der Waals surface area contributed by atoms with Crippen molar-refractivity contribution in [1.82, 2.24) is 0 Å². The first-order valence-electron chi connectivity index (χ1n) is 7.01. The lowest BCUT2D eigenvalue weighted by Crippen LogP contribution is -2.46. The Hall–Kier alpha value is 0.250. The summed E-state index contributed by atoms with van der Waals surface area (Å²) < 4.78 is 6.13. The van der Waals surface area contributed by atoms with Crippen LogP contribution in [0.1, 0.15) is 65.2 Å². The molecule has 16 heavy (non-hydrogen) atoms. The van der Waals surface area contributed by atoms with Gasteiger partial charge in [0, 0.05) is 0 Å². The molecule has 2 atom stereocenters. The largest absolute Gasteiger partial charge is 0.358 e. The van der Waals surface area contributed by atoms with E-state index in [4.69, 9.17) is 16.3 Å². The van der Waals surface area contributed by atoms with Crippen LogP contribution in [0.5, 0.6) is 0 Å². The van der Waals surface area contributed by atoms with Crippen LogP contribution in [0.15, 0.2) is 0 Å². The molecule has 2 aliphatic rings. The summed E-state index contributed by atoms with van der Waals surface area (Å²) in [7, 11) is 0. The molecule has 0 aliphatic heterocycles. The van der Waals surface area contributed by atoms with Gasteiger partial charge in [-0.2, -0.15) is 0 Å². The quantitative estimate of drug-likeness (QED) is 0.636. The minimum absolute atomic E-state index is 0.0576. The van der Waals surface area contributed by atoms with Crippen LogP contribution in [0.2, 0.25) is 0 Å². The summed E-state index contributed by atoms with van der Waals surface area (Å²) in [5.41, 5.74) is 0.483. The van der Waals surface area contributed by atoms with E-state index in [1.54, 1.807) is 0 Å². The third kappa shape index (κ3) is 2.26. The highest BCUT2D eigenvalue weighted by Gasteiger charge is 2.49. The molecule has 0 aromatic rings. The molecular formula is C14H25ClO. The van der Waals surface area contributed by atoms with Gasteiger partial charge in [0.15, 0.2) is 0 Å². The van der Waals surface area contributed by atoms with E-state index >= 15 is 0 Å². The van der Waals surface area contributed by atoms with Crippen molar-refractivity contribution in [3.8, 4) is 0 Å². The molecule has 1 spiro atoms. The molecule has 0 heterocycles. The van der Waals surface area contributed by atoms with Gasteiger partial charge < -0.3 is 4.74 Å². The lowest BCUT2D eigenvalue weighted by Gasteiger charge is -2.48. The van der Waals surface area contributed by atoms with Gasteiger partial charge >= 0.3 is 0 Å². The fourth-order valence-corrected chi connectivity index (χ4v) is 3.94. The van der Waals surface area contributed by atoms with Gasteiger partial charge in [0.25, 0.3) is 0 Å². The van der Waals surface area contributed by atoms with Gasteiger partial charge in [-0.05, 0) is 49.9 Å². The van der Waals surface area contributed by atoms with Crippen molar-refractivity contribution >= 4 is 11.6 Å². The Bertz CT molecular complexity index is 219. The lowest BCUT2D eigenvalue weighted by atomic mass is 9.65. The Labute approximate surface area is 105 Å². The van der Waals surface area contributed by atoms with Crippen LogP contribution >= 0.6 is 11.6 Å². The van der Waals surface area contributed by atoms with Gasteiger partial charge in [0.2, 0.25) is 0 Å². The molecule has 2 unspecified atom stereocenters. The summed E-state index contributed by atoms with van der Waals surface area (Å²) >= 11 is 6.39. The standard InChI is InChI=1S/C14H25ClO/c1-3-11(4-2)13(15)16-12-7-10-14(12)8-5-6-9-14/h11-13H,3-10H2,1-2H3. The third-order valence-electron chi connectivity index (χ3n) is 4.90. The first kappa shape index (κ1) is 12.7. The SMILES string of the molecule is CCC(CC)C(Cl)OC1CCC12CCCC2. The van der Waals surface area contributed by atoms with E-state index < -0.39 is 0 Å². The number of halogens is 1. The van der Waals surface area contributed by atoms with Gasteiger partial charge in [0.1, 0.15) is 5.56 Å². The maximum Gasteiger partial charge on any atom is 0.134 e. The molecule has 0 saturated heterocycles. The first-order valence-corrected chi connectivity index (χ1v) is 7.45. The number of alkyl halides is 1. The van der Waals surface area contributed by atoms with Crippen LogP contribution < -0.4 is 0 Å². The van der Waals surface area contributed by atoms with Gasteiger partial charge in [-0.15, -0.1) is 0 Å². The zero-order valence-corrected chi connectivity index (χ0v) is 11.4. The Morgan fingerprint density at radius 3 is 2.25 bits per heavy atom. The fraction of sp³-hybridized carbons (Fsp3) is 1.00. The van der Waals surface area contributed by atoms with Crippen LogP contribution in [-0.4, -0.2) is 11.7 Å². The van der Waals surface area contributed by atoms with Gasteiger partial charge in [0.05, 0.1) is 6.10 Å². The van der Waals surface area contributed by atoms with Crippen molar-refractivity contribution in [2.24, 2.45) is 11.3 Å². The van der Waals surface area contributed by atoms with Crippen molar-refractivity contribution in [2.75, 3.05) is 0 Å². The fourth-order valence-electron chi connectivity index (χ4n) is 3.46. The Morgan fingerprint density at radius 2 is 1.81 bits per heavy atom. The van der Waals surface area contributed by atoms with E-state index in [1.807, 2.05) is 0 Å². The molecule has 0 N–H and O–H groups in total. The average molecular weight is 245 g/mol. The second-order valence-electron chi connectivity index (χ2n) is 5.66. The second kappa shape index (κ2) is 5.27. The van der Waals surface area contributed by atoms with Crippen molar-refractivity contribution in [2.45, 2.75) is 76.9 Å². The van der Waals surface area contributed by atoms with Crippen LogP contribution in [0.4, 0.5) is 0 Å². The molecule has 94 valence electrons. The smallest absolute Gasteiger partial charge is 0.134 e. The van der Waals surface area contributed by atoms with Gasteiger partial charge in [-0.3, -0.25) is 0 Å². The molecule has 0 aromatic carbocycles. The van der Waals surface area contributed by atoms with Crippen molar-refractivity contribution < 1.29 is 4.74 Å². The van der Waals surface area contributed by atoms with E-state index in [0.29, 0.717) is 17.4 Å². The Morgan fingerprint density at radius 1 is 1.19 bits per heavy atom. The summed E-state index contributed by atoms with van der Waals surface area (Å²) in [6.07, 6.45) is 10.9. The molecule has 1 nitrogen and oxygen atoms in total. The maximum absolute atomic E-state index is 6.39. The molecule has 0 radical (unpaired) electrons. The van der Waals surface area contributed by atoms with Gasteiger partial charge in [-0.25, -0.2) is 0 Å². The zero-order chi connectivity index (χ0) is 11.6. The number of hydrogen-bond acceptors (Lipinski definition) is 1. The Balaban J connectivity index is 1.85. The van der Waals surface area contributed by atoms with Crippen LogP contribution in [0, 0.1) is 11.3 Å². The minimum atomic E-state index is -0.0576. The number of rotatable bonds is 5. The third-order valence-corrected chi connectivity index (χ3v) is 5.36. The van der Waals surface area contributed by atoms with E-state index in [-0.39, 0.29) is 5.56 Å². The molecule has 0 aromatic heterocycles. The number of hydrogen-bond donors (Lipinski definition) is 0.